The summed E-state index contributed by atoms with van der Waals surface area (Å²) < 4.78 is 5.28. The highest BCUT2D eigenvalue weighted by Gasteiger charge is 2.28. The normalized spacial score (nSPS) is 13.3. The van der Waals surface area contributed by atoms with Gasteiger partial charge in [-0.1, -0.05) is 0 Å². The van der Waals surface area contributed by atoms with E-state index in [9.17, 15) is 9.59 Å². The molecule has 2 amide bonds. The quantitative estimate of drug-likeness (QED) is 0.769. The van der Waals surface area contributed by atoms with E-state index in [2.05, 4.69) is 0 Å². The standard InChI is InChI=1S/C13H13N3O3/c1-15(2)12(17)7-16-10-5-9(6-14)3-4-11(10)19-8-13(16)18/h3-5H,7-8H2,1-2H3. The van der Waals surface area contributed by atoms with Gasteiger partial charge in [0.05, 0.1) is 17.3 Å². The van der Waals surface area contributed by atoms with Crippen molar-refractivity contribution in [3.05, 3.63) is 23.8 Å². The zero-order valence-electron chi connectivity index (χ0n) is 10.7. The molecule has 2 rings (SSSR count). The number of likely N-dealkylation sites (N-methyl/N-ethyl adjacent to an activating group) is 1. The summed E-state index contributed by atoms with van der Waals surface area (Å²) in [6.07, 6.45) is 0. The highest BCUT2D eigenvalue weighted by Crippen LogP contribution is 2.32. The van der Waals surface area contributed by atoms with E-state index in [0.29, 0.717) is 17.0 Å². The van der Waals surface area contributed by atoms with E-state index in [-0.39, 0.29) is 25.0 Å². The molecule has 19 heavy (non-hydrogen) atoms. The van der Waals surface area contributed by atoms with Gasteiger partial charge >= 0.3 is 0 Å². The maximum Gasteiger partial charge on any atom is 0.265 e. The summed E-state index contributed by atoms with van der Waals surface area (Å²) >= 11 is 0. The van der Waals surface area contributed by atoms with Crippen LogP contribution in [0.15, 0.2) is 18.2 Å². The van der Waals surface area contributed by atoms with Gasteiger partial charge in [0, 0.05) is 14.1 Å². The van der Waals surface area contributed by atoms with Crippen LogP contribution in [0, 0.1) is 11.3 Å². The van der Waals surface area contributed by atoms with Crippen molar-refractivity contribution in [1.82, 2.24) is 4.90 Å². The molecule has 0 bridgehead atoms. The van der Waals surface area contributed by atoms with E-state index in [0.717, 1.165) is 0 Å². The molecule has 0 saturated carbocycles. The van der Waals surface area contributed by atoms with Gasteiger partial charge in [-0.05, 0) is 18.2 Å². The fourth-order valence-electron chi connectivity index (χ4n) is 1.72. The van der Waals surface area contributed by atoms with Gasteiger partial charge in [0.15, 0.2) is 6.61 Å². The molecular weight excluding hydrogens is 246 g/mol. The number of nitrogens with zero attached hydrogens (tertiary/aromatic N) is 3. The minimum absolute atomic E-state index is 0.0585. The molecule has 0 saturated heterocycles. The third-order valence-corrected chi connectivity index (χ3v) is 2.82. The van der Waals surface area contributed by atoms with Gasteiger partial charge in [0.2, 0.25) is 5.91 Å². The number of ether oxygens (including phenoxy) is 1. The number of nitriles is 1. The van der Waals surface area contributed by atoms with Crippen LogP contribution >= 0.6 is 0 Å². The smallest absolute Gasteiger partial charge is 0.265 e. The lowest BCUT2D eigenvalue weighted by molar-refractivity contribution is -0.130. The zero-order valence-corrected chi connectivity index (χ0v) is 10.7. The molecule has 6 heteroatoms. The molecule has 1 aliphatic heterocycles. The molecule has 1 aromatic rings. The lowest BCUT2D eigenvalue weighted by atomic mass is 10.1. The topological polar surface area (TPSA) is 73.6 Å². The van der Waals surface area contributed by atoms with Crippen molar-refractivity contribution < 1.29 is 14.3 Å². The highest BCUT2D eigenvalue weighted by atomic mass is 16.5. The van der Waals surface area contributed by atoms with E-state index in [1.54, 1.807) is 32.3 Å². The summed E-state index contributed by atoms with van der Waals surface area (Å²) in [7, 11) is 3.25. The van der Waals surface area contributed by atoms with Gasteiger partial charge < -0.3 is 9.64 Å². The van der Waals surface area contributed by atoms with E-state index in [1.165, 1.54) is 9.80 Å². The van der Waals surface area contributed by atoms with Crippen molar-refractivity contribution in [1.29, 1.82) is 5.26 Å². The molecule has 0 N–H and O–H groups in total. The highest BCUT2D eigenvalue weighted by molar-refractivity contribution is 6.02. The summed E-state index contributed by atoms with van der Waals surface area (Å²) in [5, 5.41) is 8.89. The first kappa shape index (κ1) is 12.9. The Morgan fingerprint density at radius 1 is 1.53 bits per heavy atom. The summed E-state index contributed by atoms with van der Waals surface area (Å²) in [5.41, 5.74) is 0.879. The lowest BCUT2D eigenvalue weighted by Crippen LogP contribution is -2.44. The number of rotatable bonds is 2. The first-order valence-electron chi connectivity index (χ1n) is 5.70. The Bertz CT molecular complexity index is 575. The maximum absolute atomic E-state index is 11.9. The number of hydrogen-bond acceptors (Lipinski definition) is 4. The Kier molecular flexibility index (Phi) is 3.38. The van der Waals surface area contributed by atoms with E-state index in [4.69, 9.17) is 10.00 Å². The van der Waals surface area contributed by atoms with Crippen LogP contribution in [0.4, 0.5) is 5.69 Å². The SMILES string of the molecule is CN(C)C(=O)CN1C(=O)COc2ccc(C#N)cc21. The molecule has 1 aromatic carbocycles. The minimum Gasteiger partial charge on any atom is -0.482 e. The monoisotopic (exact) mass is 259 g/mol. The number of anilines is 1. The van der Waals surface area contributed by atoms with E-state index in [1.807, 2.05) is 6.07 Å². The van der Waals surface area contributed by atoms with Crippen LogP contribution in [0.5, 0.6) is 5.75 Å². The molecule has 0 aromatic heterocycles. The molecule has 0 unspecified atom stereocenters. The number of carbonyl (C=O) groups is 2. The Morgan fingerprint density at radius 2 is 2.26 bits per heavy atom. The summed E-state index contributed by atoms with van der Waals surface area (Å²) in [6.45, 7) is -0.156. The van der Waals surface area contributed by atoms with Crippen LogP contribution in [-0.2, 0) is 9.59 Å². The van der Waals surface area contributed by atoms with Gasteiger partial charge in [-0.3, -0.25) is 14.5 Å². The number of benzene rings is 1. The van der Waals surface area contributed by atoms with Crippen LogP contribution in [0.2, 0.25) is 0 Å². The third kappa shape index (κ3) is 2.50. The van der Waals surface area contributed by atoms with E-state index < -0.39 is 0 Å². The molecule has 6 nitrogen and oxygen atoms in total. The fraction of sp³-hybridized carbons (Fsp3) is 0.308. The predicted molar refractivity (Wildman–Crippen MR) is 67.7 cm³/mol. The van der Waals surface area contributed by atoms with Crippen molar-refractivity contribution >= 4 is 17.5 Å². The first-order valence-corrected chi connectivity index (χ1v) is 5.70. The molecular formula is C13H13N3O3. The molecule has 0 atom stereocenters. The van der Waals surface area contributed by atoms with E-state index >= 15 is 0 Å². The summed E-state index contributed by atoms with van der Waals surface area (Å²) in [4.78, 5) is 26.4. The van der Waals surface area contributed by atoms with Crippen molar-refractivity contribution in [2.24, 2.45) is 0 Å². The number of amides is 2. The lowest BCUT2D eigenvalue weighted by Gasteiger charge is -2.29. The van der Waals surface area contributed by atoms with Crippen LogP contribution < -0.4 is 9.64 Å². The molecule has 0 radical (unpaired) electrons. The Hall–Kier alpha value is -2.55. The average Bonchev–Trinajstić information content (AvgIpc) is 2.41. The average molecular weight is 259 g/mol. The van der Waals surface area contributed by atoms with Gasteiger partial charge in [-0.25, -0.2) is 0 Å². The number of hydrogen-bond donors (Lipinski definition) is 0. The van der Waals surface area contributed by atoms with Crippen LogP contribution in [0.1, 0.15) is 5.56 Å². The molecule has 0 aliphatic carbocycles. The van der Waals surface area contributed by atoms with Gasteiger partial charge in [-0.2, -0.15) is 5.26 Å². The third-order valence-electron chi connectivity index (χ3n) is 2.82. The Balaban J connectivity index is 2.37. The van der Waals surface area contributed by atoms with Crippen LogP contribution in [0.25, 0.3) is 0 Å². The van der Waals surface area contributed by atoms with Crippen LogP contribution in [0.3, 0.4) is 0 Å². The Morgan fingerprint density at radius 3 is 2.89 bits per heavy atom. The maximum atomic E-state index is 11.9. The molecule has 98 valence electrons. The second-order valence-electron chi connectivity index (χ2n) is 4.35. The molecule has 0 fully saturated rings. The van der Waals surface area contributed by atoms with Crippen molar-refractivity contribution in [3.8, 4) is 11.8 Å². The largest absolute Gasteiger partial charge is 0.482 e. The van der Waals surface area contributed by atoms with Crippen molar-refractivity contribution in [2.45, 2.75) is 0 Å². The fourth-order valence-corrected chi connectivity index (χ4v) is 1.72. The summed E-state index contributed by atoms with van der Waals surface area (Å²) in [5.74, 6) is 0.0199. The van der Waals surface area contributed by atoms with Gasteiger partial charge in [-0.15, -0.1) is 0 Å². The number of carbonyl (C=O) groups excluding carboxylic acids is 2. The van der Waals surface area contributed by atoms with Crippen molar-refractivity contribution in [3.63, 3.8) is 0 Å². The van der Waals surface area contributed by atoms with Crippen molar-refractivity contribution in [2.75, 3.05) is 32.1 Å². The molecule has 0 spiro atoms. The predicted octanol–water partition coefficient (Wildman–Crippen LogP) is 0.372. The number of fused-ring (bicyclic) bond motifs is 1. The van der Waals surface area contributed by atoms with Gasteiger partial charge in [0.1, 0.15) is 12.3 Å². The second-order valence-corrected chi connectivity index (χ2v) is 4.35. The van der Waals surface area contributed by atoms with Gasteiger partial charge in [0.25, 0.3) is 5.91 Å². The first-order chi connectivity index (χ1) is 9.02. The molecule has 1 aliphatic rings. The minimum atomic E-state index is -0.294. The molecule has 1 heterocycles. The van der Waals surface area contributed by atoms with Crippen LogP contribution in [-0.4, -0.2) is 44.0 Å². The Labute approximate surface area is 110 Å². The zero-order chi connectivity index (χ0) is 14.0. The second kappa shape index (κ2) is 4.98. The summed E-state index contributed by atoms with van der Waals surface area (Å²) in [6, 6.07) is 6.79.